The summed E-state index contributed by atoms with van der Waals surface area (Å²) < 4.78 is 0. The monoisotopic (exact) mass is 264 g/mol. The third-order valence-corrected chi connectivity index (χ3v) is 4.79. The van der Waals surface area contributed by atoms with E-state index in [2.05, 4.69) is 44.0 Å². The van der Waals surface area contributed by atoms with Gasteiger partial charge in [0, 0.05) is 36.3 Å². The molecular weight excluding hydrogens is 240 g/mol. The van der Waals surface area contributed by atoms with Crippen LogP contribution in [0.2, 0.25) is 0 Å². The fourth-order valence-electron chi connectivity index (χ4n) is 2.51. The highest BCUT2D eigenvalue weighted by atomic mass is 32.2. The van der Waals surface area contributed by atoms with Crippen molar-refractivity contribution in [2.24, 2.45) is 17.6 Å². The molecule has 2 rings (SSSR count). The summed E-state index contributed by atoms with van der Waals surface area (Å²) in [6, 6.07) is 6.54. The number of anilines is 1. The molecule has 1 aromatic rings. The minimum Gasteiger partial charge on any atom is -0.374 e. The van der Waals surface area contributed by atoms with Crippen LogP contribution in [0.5, 0.6) is 0 Å². The lowest BCUT2D eigenvalue weighted by molar-refractivity contribution is 0.722. The summed E-state index contributed by atoms with van der Waals surface area (Å²) in [4.78, 5) is 3.73. The predicted molar refractivity (Wildman–Crippen MR) is 81.3 cm³/mol. The summed E-state index contributed by atoms with van der Waals surface area (Å²) in [6.45, 7) is 6.32. The molecule has 2 nitrogen and oxygen atoms in total. The van der Waals surface area contributed by atoms with Gasteiger partial charge >= 0.3 is 0 Å². The third kappa shape index (κ3) is 3.01. The van der Waals surface area contributed by atoms with Crippen molar-refractivity contribution < 1.29 is 0 Å². The Morgan fingerprint density at radius 3 is 2.72 bits per heavy atom. The first-order valence-corrected chi connectivity index (χ1v) is 7.81. The number of thioether (sulfide) groups is 1. The van der Waals surface area contributed by atoms with Crippen molar-refractivity contribution in [3.63, 3.8) is 0 Å². The number of nitrogens with zero attached hydrogens (tertiary/aromatic N) is 1. The minimum absolute atomic E-state index is 0.628. The molecule has 2 atom stereocenters. The van der Waals surface area contributed by atoms with Crippen LogP contribution in [0.4, 0.5) is 5.69 Å². The highest BCUT2D eigenvalue weighted by molar-refractivity contribution is 7.99. The standard InChI is InChI=1S/C15H24N2S/c1-4-18-15-7-5-6-14(13(15)9-16)17(3)10-12-8-11(12)2/h5-7,11-12H,4,8-10,16H2,1-3H3. The molecule has 100 valence electrons. The van der Waals surface area contributed by atoms with Crippen LogP contribution >= 0.6 is 11.8 Å². The van der Waals surface area contributed by atoms with Crippen molar-refractivity contribution in [1.29, 1.82) is 0 Å². The summed E-state index contributed by atoms with van der Waals surface area (Å²) in [5.41, 5.74) is 8.57. The summed E-state index contributed by atoms with van der Waals surface area (Å²) in [5, 5.41) is 0. The first-order valence-electron chi connectivity index (χ1n) is 6.83. The van der Waals surface area contributed by atoms with E-state index in [9.17, 15) is 0 Å². The van der Waals surface area contributed by atoms with Crippen LogP contribution in [0.1, 0.15) is 25.8 Å². The topological polar surface area (TPSA) is 29.3 Å². The normalized spacial score (nSPS) is 22.0. The van der Waals surface area contributed by atoms with Gasteiger partial charge in [-0.05, 0) is 36.1 Å². The Hall–Kier alpha value is -0.670. The van der Waals surface area contributed by atoms with E-state index in [-0.39, 0.29) is 0 Å². The Kier molecular flexibility index (Phi) is 4.57. The lowest BCUT2D eigenvalue weighted by Gasteiger charge is -2.23. The van der Waals surface area contributed by atoms with Gasteiger partial charge in [-0.2, -0.15) is 0 Å². The molecule has 0 saturated heterocycles. The minimum atomic E-state index is 0.628. The zero-order chi connectivity index (χ0) is 13.1. The summed E-state index contributed by atoms with van der Waals surface area (Å²) in [5.74, 6) is 2.88. The van der Waals surface area contributed by atoms with Crippen LogP contribution in [0, 0.1) is 11.8 Å². The van der Waals surface area contributed by atoms with Crippen molar-refractivity contribution in [3.8, 4) is 0 Å². The number of hydrogen-bond acceptors (Lipinski definition) is 3. The largest absolute Gasteiger partial charge is 0.374 e. The Morgan fingerprint density at radius 2 is 2.17 bits per heavy atom. The summed E-state index contributed by atoms with van der Waals surface area (Å²) in [7, 11) is 2.19. The van der Waals surface area contributed by atoms with Crippen LogP contribution in [-0.4, -0.2) is 19.3 Å². The maximum Gasteiger partial charge on any atom is 0.0420 e. The highest BCUT2D eigenvalue weighted by Crippen LogP contribution is 2.39. The van der Waals surface area contributed by atoms with Crippen molar-refractivity contribution in [2.75, 3.05) is 24.2 Å². The maximum atomic E-state index is 5.95. The van der Waals surface area contributed by atoms with E-state index in [4.69, 9.17) is 5.73 Å². The van der Waals surface area contributed by atoms with Crippen molar-refractivity contribution in [3.05, 3.63) is 23.8 Å². The molecule has 0 aliphatic heterocycles. The van der Waals surface area contributed by atoms with Crippen molar-refractivity contribution in [1.82, 2.24) is 0 Å². The van der Waals surface area contributed by atoms with Gasteiger partial charge in [0.05, 0.1) is 0 Å². The zero-order valence-electron chi connectivity index (χ0n) is 11.6. The fraction of sp³-hybridized carbons (Fsp3) is 0.600. The first kappa shape index (κ1) is 13.8. The van der Waals surface area contributed by atoms with Gasteiger partial charge in [0.15, 0.2) is 0 Å². The van der Waals surface area contributed by atoms with Gasteiger partial charge < -0.3 is 10.6 Å². The van der Waals surface area contributed by atoms with Gasteiger partial charge in [-0.25, -0.2) is 0 Å². The zero-order valence-corrected chi connectivity index (χ0v) is 12.5. The van der Waals surface area contributed by atoms with Crippen LogP contribution in [-0.2, 0) is 6.54 Å². The Bertz CT molecular complexity index is 405. The molecule has 3 heteroatoms. The van der Waals surface area contributed by atoms with Crippen LogP contribution in [0.15, 0.2) is 23.1 Å². The van der Waals surface area contributed by atoms with E-state index in [0.717, 1.165) is 24.1 Å². The van der Waals surface area contributed by atoms with Gasteiger partial charge in [-0.15, -0.1) is 11.8 Å². The van der Waals surface area contributed by atoms with E-state index in [1.54, 1.807) is 0 Å². The highest BCUT2D eigenvalue weighted by Gasteiger charge is 2.33. The van der Waals surface area contributed by atoms with E-state index in [1.165, 1.54) is 22.6 Å². The number of nitrogens with two attached hydrogens (primary N) is 1. The molecule has 18 heavy (non-hydrogen) atoms. The van der Waals surface area contributed by atoms with Gasteiger partial charge in [0.25, 0.3) is 0 Å². The van der Waals surface area contributed by atoms with Crippen molar-refractivity contribution >= 4 is 17.4 Å². The molecular formula is C15H24N2S. The molecule has 0 bridgehead atoms. The maximum absolute atomic E-state index is 5.95. The van der Waals surface area contributed by atoms with Crippen LogP contribution < -0.4 is 10.6 Å². The van der Waals surface area contributed by atoms with Crippen LogP contribution in [0.3, 0.4) is 0 Å². The molecule has 1 aromatic carbocycles. The van der Waals surface area contributed by atoms with Gasteiger partial charge in [-0.3, -0.25) is 0 Å². The molecule has 1 aliphatic rings. The lowest BCUT2D eigenvalue weighted by atomic mass is 10.1. The second-order valence-corrected chi connectivity index (χ2v) is 6.55. The fourth-order valence-corrected chi connectivity index (χ4v) is 3.36. The molecule has 0 aromatic heterocycles. The van der Waals surface area contributed by atoms with Crippen LogP contribution in [0.25, 0.3) is 0 Å². The molecule has 2 unspecified atom stereocenters. The van der Waals surface area contributed by atoms with Gasteiger partial charge in [0.1, 0.15) is 0 Å². The summed E-state index contributed by atoms with van der Waals surface area (Å²) >= 11 is 1.89. The number of hydrogen-bond donors (Lipinski definition) is 1. The SMILES string of the molecule is CCSc1cccc(N(C)CC2CC2C)c1CN. The van der Waals surface area contributed by atoms with Gasteiger partial charge in [-0.1, -0.05) is 19.9 Å². The predicted octanol–water partition coefficient (Wildman–Crippen LogP) is 3.35. The van der Waals surface area contributed by atoms with E-state index in [0.29, 0.717) is 6.54 Å². The number of rotatable bonds is 6. The smallest absolute Gasteiger partial charge is 0.0420 e. The molecule has 0 radical (unpaired) electrons. The number of benzene rings is 1. The molecule has 1 aliphatic carbocycles. The second kappa shape index (κ2) is 5.98. The van der Waals surface area contributed by atoms with E-state index >= 15 is 0 Å². The third-order valence-electron chi connectivity index (χ3n) is 3.81. The Morgan fingerprint density at radius 1 is 1.44 bits per heavy atom. The van der Waals surface area contributed by atoms with E-state index in [1.807, 2.05) is 11.8 Å². The molecule has 2 N–H and O–H groups in total. The second-order valence-electron chi connectivity index (χ2n) is 5.24. The average molecular weight is 264 g/mol. The Labute approximate surface area is 115 Å². The molecule has 0 amide bonds. The molecule has 1 fully saturated rings. The first-order chi connectivity index (χ1) is 8.67. The molecule has 0 heterocycles. The Balaban J connectivity index is 2.17. The molecule has 0 spiro atoms. The van der Waals surface area contributed by atoms with E-state index < -0.39 is 0 Å². The molecule has 1 saturated carbocycles. The quantitative estimate of drug-likeness (QED) is 0.799. The summed E-state index contributed by atoms with van der Waals surface area (Å²) in [6.07, 6.45) is 1.38. The average Bonchev–Trinajstić information content (AvgIpc) is 3.05. The lowest BCUT2D eigenvalue weighted by Crippen LogP contribution is -2.22. The van der Waals surface area contributed by atoms with Crippen molar-refractivity contribution in [2.45, 2.75) is 31.7 Å². The van der Waals surface area contributed by atoms with Gasteiger partial charge in [0.2, 0.25) is 0 Å².